The van der Waals surface area contributed by atoms with Gasteiger partial charge in [-0.3, -0.25) is 9.59 Å². The van der Waals surface area contributed by atoms with Crippen molar-refractivity contribution in [3.8, 4) is 5.75 Å². The number of rotatable bonds is 10. The normalized spacial score (nSPS) is 11.5. The summed E-state index contributed by atoms with van der Waals surface area (Å²) in [6.07, 6.45) is 1.70. The van der Waals surface area contributed by atoms with Gasteiger partial charge in [0.05, 0.1) is 17.8 Å². The number of benzene rings is 2. The number of thioether (sulfide) groups is 1. The van der Waals surface area contributed by atoms with Crippen LogP contribution in [-0.4, -0.2) is 40.2 Å². The molecule has 2 aromatic carbocycles. The summed E-state index contributed by atoms with van der Waals surface area (Å²) >= 11 is 7.58. The predicted octanol–water partition coefficient (Wildman–Crippen LogP) is 4.62. The van der Waals surface area contributed by atoms with Crippen LogP contribution in [0.1, 0.15) is 29.9 Å². The zero-order chi connectivity index (χ0) is 23.6. The van der Waals surface area contributed by atoms with Crippen molar-refractivity contribution < 1.29 is 14.3 Å². The van der Waals surface area contributed by atoms with Gasteiger partial charge < -0.3 is 15.4 Å². The third-order valence-corrected chi connectivity index (χ3v) is 5.57. The fraction of sp³-hybridized carbons (Fsp3) is 0.250. The molecule has 1 aromatic heterocycles. The van der Waals surface area contributed by atoms with Crippen molar-refractivity contribution in [3.05, 3.63) is 77.1 Å². The minimum absolute atomic E-state index is 0.0366. The maximum atomic E-state index is 13.1. The molecular formula is C24H25ClN4O3S. The van der Waals surface area contributed by atoms with Gasteiger partial charge in [-0.15, -0.1) is 0 Å². The highest BCUT2D eigenvalue weighted by Gasteiger charge is 2.24. The molecule has 7 nitrogen and oxygen atoms in total. The molecule has 0 unspecified atom stereocenters. The highest BCUT2D eigenvalue weighted by Crippen LogP contribution is 2.19. The Morgan fingerprint density at radius 1 is 1.09 bits per heavy atom. The van der Waals surface area contributed by atoms with Crippen molar-refractivity contribution in [1.29, 1.82) is 0 Å². The molecule has 0 aliphatic rings. The molecular weight excluding hydrogens is 460 g/mol. The largest absolute Gasteiger partial charge is 0.494 e. The average molecular weight is 485 g/mol. The van der Waals surface area contributed by atoms with E-state index in [1.165, 1.54) is 18.0 Å². The van der Waals surface area contributed by atoms with Crippen LogP contribution < -0.4 is 15.4 Å². The number of hydrogen-bond acceptors (Lipinski definition) is 6. The van der Waals surface area contributed by atoms with Crippen molar-refractivity contribution in [2.75, 3.05) is 17.7 Å². The van der Waals surface area contributed by atoms with Gasteiger partial charge in [0, 0.05) is 12.1 Å². The van der Waals surface area contributed by atoms with Crippen LogP contribution in [0.25, 0.3) is 0 Å². The number of amides is 2. The summed E-state index contributed by atoms with van der Waals surface area (Å²) in [6.45, 7) is 4.42. The van der Waals surface area contributed by atoms with Crippen LogP contribution in [0.2, 0.25) is 5.02 Å². The monoisotopic (exact) mass is 484 g/mol. The molecule has 0 bridgehead atoms. The summed E-state index contributed by atoms with van der Waals surface area (Å²) in [4.78, 5) is 34.5. The van der Waals surface area contributed by atoms with Crippen molar-refractivity contribution >= 4 is 40.9 Å². The molecule has 0 saturated carbocycles. The van der Waals surface area contributed by atoms with Crippen molar-refractivity contribution in [2.24, 2.45) is 0 Å². The highest BCUT2D eigenvalue weighted by atomic mass is 35.5. The van der Waals surface area contributed by atoms with E-state index in [4.69, 9.17) is 16.3 Å². The summed E-state index contributed by atoms with van der Waals surface area (Å²) in [5, 5.41) is 6.21. The Morgan fingerprint density at radius 3 is 2.48 bits per heavy atom. The van der Waals surface area contributed by atoms with Gasteiger partial charge >= 0.3 is 0 Å². The summed E-state index contributed by atoms with van der Waals surface area (Å²) in [5.41, 5.74) is 1.53. The third kappa shape index (κ3) is 7.20. The Kier molecular flexibility index (Phi) is 9.09. The average Bonchev–Trinajstić information content (AvgIpc) is 2.82. The van der Waals surface area contributed by atoms with Gasteiger partial charge in [-0.1, -0.05) is 60.6 Å². The van der Waals surface area contributed by atoms with Gasteiger partial charge in [-0.2, -0.15) is 0 Å². The molecule has 3 rings (SSSR count). The zero-order valence-corrected chi connectivity index (χ0v) is 19.9. The Hall–Kier alpha value is -3.10. The molecule has 2 amide bonds. The molecule has 0 radical (unpaired) electrons. The number of carbonyl (C=O) groups excluding carboxylic acids is 2. The number of ether oxygens (including phenoxy) is 1. The Labute approximate surface area is 202 Å². The van der Waals surface area contributed by atoms with Crippen LogP contribution in [0, 0.1) is 0 Å². The summed E-state index contributed by atoms with van der Waals surface area (Å²) in [6, 6.07) is 15.7. The van der Waals surface area contributed by atoms with E-state index in [0.29, 0.717) is 29.6 Å². The van der Waals surface area contributed by atoms with E-state index in [9.17, 15) is 9.59 Å². The molecule has 1 atom stereocenters. The van der Waals surface area contributed by atoms with Gasteiger partial charge in [-0.05, 0) is 42.5 Å². The highest BCUT2D eigenvalue weighted by molar-refractivity contribution is 7.99. The topological polar surface area (TPSA) is 93.2 Å². The van der Waals surface area contributed by atoms with Gasteiger partial charge in [0.2, 0.25) is 5.91 Å². The summed E-state index contributed by atoms with van der Waals surface area (Å²) in [7, 11) is 0. The second-order valence-corrected chi connectivity index (χ2v) is 8.58. The molecule has 0 aliphatic heterocycles. The smallest absolute Gasteiger partial charge is 0.272 e. The van der Waals surface area contributed by atoms with Crippen LogP contribution >= 0.6 is 23.4 Å². The maximum absolute atomic E-state index is 13.1. The second-order valence-electron chi connectivity index (χ2n) is 6.94. The lowest BCUT2D eigenvalue weighted by Crippen LogP contribution is -2.45. The lowest BCUT2D eigenvalue weighted by atomic mass is 10.0. The lowest BCUT2D eigenvalue weighted by Gasteiger charge is -2.19. The quantitative estimate of drug-likeness (QED) is 0.322. The maximum Gasteiger partial charge on any atom is 0.272 e. The first-order valence-electron chi connectivity index (χ1n) is 10.5. The lowest BCUT2D eigenvalue weighted by molar-refractivity contribution is -0.118. The van der Waals surface area contributed by atoms with Crippen LogP contribution in [-0.2, 0) is 11.2 Å². The first kappa shape index (κ1) is 24.5. The molecule has 33 heavy (non-hydrogen) atoms. The number of nitrogens with zero attached hydrogens (tertiary/aromatic N) is 2. The Balaban J connectivity index is 1.79. The van der Waals surface area contributed by atoms with E-state index in [2.05, 4.69) is 20.6 Å². The standard InChI is InChI=1S/C24H25ClN4O3S/c1-3-32-18-12-10-17(11-13-18)27-22(30)20(14-16-8-6-5-7-9-16)28-23(31)21-19(25)15-26-24(29-21)33-4-2/h5-13,15,20H,3-4,14H2,1-2H3,(H,27,30)(H,28,31)/t20-/m0/s1. The van der Waals surface area contributed by atoms with Crippen molar-refractivity contribution in [1.82, 2.24) is 15.3 Å². The first-order valence-corrected chi connectivity index (χ1v) is 11.9. The minimum atomic E-state index is -0.847. The molecule has 3 aromatic rings. The molecule has 172 valence electrons. The number of carbonyl (C=O) groups is 2. The van der Waals surface area contributed by atoms with Crippen molar-refractivity contribution in [3.63, 3.8) is 0 Å². The van der Waals surface area contributed by atoms with Crippen LogP contribution in [0.5, 0.6) is 5.75 Å². The van der Waals surface area contributed by atoms with E-state index in [0.717, 1.165) is 11.3 Å². The molecule has 0 aliphatic carbocycles. The predicted molar refractivity (Wildman–Crippen MR) is 131 cm³/mol. The van der Waals surface area contributed by atoms with Crippen molar-refractivity contribution in [2.45, 2.75) is 31.5 Å². The Bertz CT molecular complexity index is 1080. The van der Waals surface area contributed by atoms with E-state index in [1.54, 1.807) is 24.3 Å². The summed E-state index contributed by atoms with van der Waals surface area (Å²) in [5.74, 6) is 0.570. The minimum Gasteiger partial charge on any atom is -0.494 e. The van der Waals surface area contributed by atoms with E-state index >= 15 is 0 Å². The third-order valence-electron chi connectivity index (χ3n) is 4.55. The fourth-order valence-corrected chi connectivity index (χ4v) is 3.74. The van der Waals surface area contributed by atoms with Gasteiger partial charge in [0.15, 0.2) is 10.9 Å². The molecule has 2 N–H and O–H groups in total. The second kappa shape index (κ2) is 12.2. The molecule has 0 saturated heterocycles. The summed E-state index contributed by atoms with van der Waals surface area (Å²) < 4.78 is 5.44. The molecule has 0 fully saturated rings. The van der Waals surface area contributed by atoms with Crippen LogP contribution in [0.4, 0.5) is 5.69 Å². The SMILES string of the molecule is CCOc1ccc(NC(=O)[C@H](Cc2ccccc2)NC(=O)c2nc(SCC)ncc2Cl)cc1. The van der Waals surface area contributed by atoms with Gasteiger partial charge in [0.1, 0.15) is 11.8 Å². The van der Waals surface area contributed by atoms with Gasteiger partial charge in [-0.25, -0.2) is 9.97 Å². The molecule has 9 heteroatoms. The number of nitrogens with one attached hydrogen (secondary N) is 2. The Morgan fingerprint density at radius 2 is 1.82 bits per heavy atom. The number of hydrogen-bond donors (Lipinski definition) is 2. The van der Waals surface area contributed by atoms with Crippen LogP contribution in [0.15, 0.2) is 66.0 Å². The fourth-order valence-electron chi connectivity index (χ4n) is 3.03. The van der Waals surface area contributed by atoms with E-state index in [1.807, 2.05) is 44.2 Å². The zero-order valence-electron chi connectivity index (χ0n) is 18.4. The molecule has 0 spiro atoms. The van der Waals surface area contributed by atoms with E-state index in [-0.39, 0.29) is 16.6 Å². The number of halogens is 1. The van der Waals surface area contributed by atoms with E-state index < -0.39 is 11.9 Å². The van der Waals surface area contributed by atoms with Gasteiger partial charge in [0.25, 0.3) is 5.91 Å². The molecule has 1 heterocycles. The van der Waals surface area contributed by atoms with Crippen LogP contribution in [0.3, 0.4) is 0 Å². The first-order chi connectivity index (χ1) is 16.0. The number of aromatic nitrogens is 2. The number of anilines is 1.